The molecule has 0 saturated heterocycles. The number of carboxylic acid groups (broad SMARTS) is 2. The number of carboxylic acids is 2. The molecule has 4 rings (SSSR count). The lowest BCUT2D eigenvalue weighted by Gasteiger charge is -2.12. The van der Waals surface area contributed by atoms with Crippen LogP contribution in [0.3, 0.4) is 0 Å². The Morgan fingerprint density at radius 3 is 1.41 bits per heavy atom. The number of aliphatic carboxylic acids is 2. The molecule has 0 aliphatic carbocycles. The fraction of sp³-hybridized carbons (Fsp3) is 0.333. The van der Waals surface area contributed by atoms with Crippen LogP contribution in [0, 0.1) is 0 Å². The van der Waals surface area contributed by atoms with Crippen molar-refractivity contribution in [2.45, 2.75) is 26.2 Å². The van der Waals surface area contributed by atoms with Gasteiger partial charge in [-0.3, -0.25) is 37.4 Å². The minimum absolute atomic E-state index is 0.0143. The van der Waals surface area contributed by atoms with Crippen LogP contribution in [-0.4, -0.2) is 59.5 Å². The van der Waals surface area contributed by atoms with Gasteiger partial charge in [0.2, 0.25) is 0 Å². The average molecular weight is 474 g/mol. The maximum Gasteiger partial charge on any atom is 0.332 e. The van der Waals surface area contributed by atoms with Gasteiger partial charge in [0.15, 0.2) is 22.3 Å². The molecule has 4 aromatic rings. The van der Waals surface area contributed by atoms with E-state index in [0.29, 0.717) is 0 Å². The lowest BCUT2D eigenvalue weighted by atomic mass is 10.4. The van der Waals surface area contributed by atoms with E-state index in [2.05, 4.69) is 9.97 Å². The Bertz CT molecular complexity index is 1600. The highest BCUT2D eigenvalue weighted by atomic mass is 16.4. The summed E-state index contributed by atoms with van der Waals surface area (Å²) < 4.78 is 5.82. The van der Waals surface area contributed by atoms with Crippen LogP contribution in [0.4, 0.5) is 0 Å². The standard InChI is InChI=1S/C18H18N8O8/c1-21-13-11(23(7-19-13)5-9(27)28)15(31)25(17(21)33)3-4-26-16(32)12-14(22(2)18(26)34)20-8-24(12)6-10(29)30/h7-8H,3-6H2,1-2H3,(H,27,28)(H,29,30). The van der Waals surface area contributed by atoms with E-state index in [0.717, 1.165) is 40.1 Å². The predicted octanol–water partition coefficient (Wildman–Crippen LogP) is -3.02. The van der Waals surface area contributed by atoms with Crippen molar-refractivity contribution in [3.8, 4) is 0 Å². The van der Waals surface area contributed by atoms with Gasteiger partial charge in [-0.1, -0.05) is 0 Å². The minimum atomic E-state index is -1.22. The molecule has 16 heteroatoms. The third-order valence-electron chi connectivity index (χ3n) is 5.36. The molecule has 0 fully saturated rings. The van der Waals surface area contributed by atoms with E-state index in [1.807, 2.05) is 0 Å². The SMILES string of the molecule is Cn1c(=O)n(CCn2c(=O)c3c(ncn3CC(=O)O)n(C)c2=O)c(=O)c2c1ncn2CC(=O)O. The highest BCUT2D eigenvalue weighted by Gasteiger charge is 2.20. The summed E-state index contributed by atoms with van der Waals surface area (Å²) >= 11 is 0. The Labute approximate surface area is 186 Å². The van der Waals surface area contributed by atoms with E-state index in [1.54, 1.807) is 0 Å². The monoisotopic (exact) mass is 474 g/mol. The molecular weight excluding hydrogens is 456 g/mol. The van der Waals surface area contributed by atoms with Gasteiger partial charge >= 0.3 is 23.3 Å². The zero-order valence-corrected chi connectivity index (χ0v) is 17.9. The summed E-state index contributed by atoms with van der Waals surface area (Å²) in [6.07, 6.45) is 2.25. The minimum Gasteiger partial charge on any atom is -0.480 e. The average Bonchev–Trinajstić information content (AvgIpc) is 3.36. The molecule has 34 heavy (non-hydrogen) atoms. The largest absolute Gasteiger partial charge is 0.480 e. The van der Waals surface area contributed by atoms with Crippen LogP contribution in [0.25, 0.3) is 22.3 Å². The molecule has 0 bridgehead atoms. The second-order valence-electron chi connectivity index (χ2n) is 7.47. The van der Waals surface area contributed by atoms with Gasteiger partial charge in [-0.2, -0.15) is 0 Å². The highest BCUT2D eigenvalue weighted by molar-refractivity contribution is 5.75. The molecule has 4 aromatic heterocycles. The van der Waals surface area contributed by atoms with Crippen LogP contribution < -0.4 is 22.5 Å². The normalized spacial score (nSPS) is 11.5. The van der Waals surface area contributed by atoms with Crippen molar-refractivity contribution >= 4 is 34.3 Å². The summed E-state index contributed by atoms with van der Waals surface area (Å²) in [4.78, 5) is 81.6. The van der Waals surface area contributed by atoms with Crippen LogP contribution >= 0.6 is 0 Å². The first kappa shape index (κ1) is 22.4. The van der Waals surface area contributed by atoms with Gasteiger partial charge in [0.1, 0.15) is 13.1 Å². The molecule has 0 atom stereocenters. The zero-order valence-electron chi connectivity index (χ0n) is 17.9. The van der Waals surface area contributed by atoms with Crippen LogP contribution in [0.1, 0.15) is 0 Å². The maximum absolute atomic E-state index is 13.0. The zero-order chi connectivity index (χ0) is 24.9. The van der Waals surface area contributed by atoms with E-state index < -0.39 is 60.6 Å². The fourth-order valence-corrected chi connectivity index (χ4v) is 3.77. The lowest BCUT2D eigenvalue weighted by Crippen LogP contribution is -2.44. The van der Waals surface area contributed by atoms with E-state index in [1.165, 1.54) is 14.1 Å². The number of nitrogens with zero attached hydrogens (tertiary/aromatic N) is 8. The van der Waals surface area contributed by atoms with Crippen LogP contribution in [-0.2, 0) is 49.9 Å². The molecular formula is C18H18N8O8. The molecule has 0 aliphatic rings. The van der Waals surface area contributed by atoms with E-state index in [4.69, 9.17) is 10.2 Å². The van der Waals surface area contributed by atoms with Crippen molar-refractivity contribution in [1.82, 2.24) is 37.4 Å². The number of carbonyl (C=O) groups is 2. The summed E-state index contributed by atoms with van der Waals surface area (Å²) in [5.41, 5.74) is -3.50. The molecule has 0 spiro atoms. The van der Waals surface area contributed by atoms with Gasteiger partial charge in [0, 0.05) is 27.2 Å². The third kappa shape index (κ3) is 3.40. The lowest BCUT2D eigenvalue weighted by molar-refractivity contribution is -0.138. The maximum atomic E-state index is 13.0. The van der Waals surface area contributed by atoms with Crippen molar-refractivity contribution in [2.75, 3.05) is 0 Å². The number of imidazole rings is 2. The molecule has 16 nitrogen and oxygen atoms in total. The van der Waals surface area contributed by atoms with Crippen molar-refractivity contribution in [3.63, 3.8) is 0 Å². The number of fused-ring (bicyclic) bond motifs is 2. The summed E-state index contributed by atoms with van der Waals surface area (Å²) in [5, 5.41) is 18.1. The van der Waals surface area contributed by atoms with Gasteiger partial charge in [0.05, 0.1) is 12.7 Å². The quantitative estimate of drug-likeness (QED) is 0.278. The number of aryl methyl sites for hydroxylation is 2. The molecule has 0 aliphatic heterocycles. The number of rotatable bonds is 7. The van der Waals surface area contributed by atoms with Gasteiger partial charge in [0.25, 0.3) is 11.1 Å². The van der Waals surface area contributed by atoms with Gasteiger partial charge in [-0.05, 0) is 0 Å². The first-order valence-electron chi connectivity index (χ1n) is 9.75. The van der Waals surface area contributed by atoms with E-state index in [9.17, 15) is 28.8 Å². The molecule has 0 amide bonds. The van der Waals surface area contributed by atoms with Crippen molar-refractivity contribution in [3.05, 3.63) is 54.3 Å². The topological polar surface area (TPSA) is 198 Å². The van der Waals surface area contributed by atoms with Crippen molar-refractivity contribution in [1.29, 1.82) is 0 Å². The second kappa shape index (κ2) is 7.98. The summed E-state index contributed by atoms with van der Waals surface area (Å²) in [7, 11) is 2.70. The molecule has 0 aromatic carbocycles. The van der Waals surface area contributed by atoms with Crippen LogP contribution in [0.5, 0.6) is 0 Å². The highest BCUT2D eigenvalue weighted by Crippen LogP contribution is 2.07. The van der Waals surface area contributed by atoms with E-state index >= 15 is 0 Å². The predicted molar refractivity (Wildman–Crippen MR) is 114 cm³/mol. The van der Waals surface area contributed by atoms with Crippen molar-refractivity contribution in [2.24, 2.45) is 14.1 Å². The first-order valence-corrected chi connectivity index (χ1v) is 9.75. The van der Waals surface area contributed by atoms with Crippen molar-refractivity contribution < 1.29 is 19.8 Å². The number of hydrogen-bond acceptors (Lipinski definition) is 8. The molecule has 0 unspecified atom stereocenters. The van der Waals surface area contributed by atoms with Crippen LogP contribution in [0.2, 0.25) is 0 Å². The molecule has 2 N–H and O–H groups in total. The molecule has 0 saturated carbocycles. The molecule has 0 radical (unpaired) electrons. The Kier molecular flexibility index (Phi) is 5.27. The van der Waals surface area contributed by atoms with Gasteiger partial charge < -0.3 is 19.3 Å². The molecule has 178 valence electrons. The number of aromatic nitrogens is 8. The second-order valence-corrected chi connectivity index (χ2v) is 7.47. The smallest absolute Gasteiger partial charge is 0.332 e. The Balaban J connectivity index is 1.84. The first-order chi connectivity index (χ1) is 16.0. The molecule has 4 heterocycles. The Morgan fingerprint density at radius 2 is 1.09 bits per heavy atom. The Morgan fingerprint density at radius 1 is 0.735 bits per heavy atom. The summed E-state index contributed by atoms with van der Waals surface area (Å²) in [6, 6.07) is 0. The van der Waals surface area contributed by atoms with Gasteiger partial charge in [-0.25, -0.2) is 19.6 Å². The van der Waals surface area contributed by atoms with Crippen LogP contribution in [0.15, 0.2) is 31.8 Å². The van der Waals surface area contributed by atoms with E-state index in [-0.39, 0.29) is 22.3 Å². The fourth-order valence-electron chi connectivity index (χ4n) is 3.77. The summed E-state index contributed by atoms with van der Waals surface area (Å²) in [5.74, 6) is -2.44. The number of hydrogen-bond donors (Lipinski definition) is 2. The van der Waals surface area contributed by atoms with Gasteiger partial charge in [-0.15, -0.1) is 0 Å². The third-order valence-corrected chi connectivity index (χ3v) is 5.36. The Hall–Kier alpha value is -4.76. The summed E-state index contributed by atoms with van der Waals surface area (Å²) in [6.45, 7) is -1.91.